The summed E-state index contributed by atoms with van der Waals surface area (Å²) in [5.74, 6) is -0.377. The molecule has 0 bridgehead atoms. The molecule has 2 N–H and O–H groups in total. The predicted octanol–water partition coefficient (Wildman–Crippen LogP) is 3.77. The molecule has 1 aromatic carbocycles. The van der Waals surface area contributed by atoms with Crippen LogP contribution in [0.2, 0.25) is 5.02 Å². The Morgan fingerprint density at radius 3 is 2.32 bits per heavy atom. The number of benzene rings is 1. The average Bonchev–Trinajstić information content (AvgIpc) is 3.10. The maximum absolute atomic E-state index is 12.6. The molecular weight excluding hydrogens is 617 g/mol. The van der Waals surface area contributed by atoms with Crippen LogP contribution in [-0.4, -0.2) is 52.5 Å². The van der Waals surface area contributed by atoms with E-state index in [1.54, 1.807) is 30.3 Å². The van der Waals surface area contributed by atoms with Gasteiger partial charge in [-0.1, -0.05) is 34.2 Å². The zero-order valence-electron chi connectivity index (χ0n) is 18.4. The zero-order chi connectivity index (χ0) is 25.3. The van der Waals surface area contributed by atoms with Crippen LogP contribution in [0.5, 0.6) is 0 Å². The third-order valence-electron chi connectivity index (χ3n) is 5.00. The quantitative estimate of drug-likeness (QED) is 0.202. The average molecular weight is 640 g/mol. The van der Waals surface area contributed by atoms with Gasteiger partial charge in [-0.3, -0.25) is 9.10 Å². The number of pyridine rings is 1. The van der Waals surface area contributed by atoms with Crippen molar-refractivity contribution in [2.45, 2.75) is 17.3 Å². The highest BCUT2D eigenvalue weighted by Crippen LogP contribution is 2.36. The molecule has 0 fully saturated rings. The molecule has 13 heteroatoms. The van der Waals surface area contributed by atoms with Crippen LogP contribution in [0.3, 0.4) is 0 Å². The summed E-state index contributed by atoms with van der Waals surface area (Å²) in [5.41, 5.74) is 6.99. The number of furan rings is 1. The number of carbonyl (C=O) groups excluding carboxylic acids is 1. The molecule has 0 saturated carbocycles. The van der Waals surface area contributed by atoms with Crippen molar-refractivity contribution in [3.05, 3.63) is 46.5 Å². The Bertz CT molecular complexity index is 1440. The Morgan fingerprint density at radius 1 is 1.15 bits per heavy atom. The van der Waals surface area contributed by atoms with Gasteiger partial charge in [0.25, 0.3) is 5.91 Å². The molecule has 9 nitrogen and oxygen atoms in total. The minimum atomic E-state index is -3.74. The highest BCUT2D eigenvalue weighted by molar-refractivity contribution is 14.1. The number of primary amides is 1. The van der Waals surface area contributed by atoms with Gasteiger partial charge in [-0.05, 0) is 43.2 Å². The second kappa shape index (κ2) is 10.4. The molecule has 34 heavy (non-hydrogen) atoms. The van der Waals surface area contributed by atoms with Crippen LogP contribution in [0.25, 0.3) is 22.4 Å². The van der Waals surface area contributed by atoms with Crippen LogP contribution in [-0.2, 0) is 24.3 Å². The number of carbonyl (C=O) groups is 1. The minimum absolute atomic E-state index is 0.0409. The zero-order valence-corrected chi connectivity index (χ0v) is 23.0. The highest BCUT2D eigenvalue weighted by atomic mass is 127. The Balaban J connectivity index is 2.13. The molecule has 0 aliphatic carbocycles. The molecule has 3 rings (SSSR count). The van der Waals surface area contributed by atoms with Crippen molar-refractivity contribution >= 4 is 76.9 Å². The molecule has 2 aromatic heterocycles. The second-order valence-electron chi connectivity index (χ2n) is 7.81. The van der Waals surface area contributed by atoms with Crippen molar-refractivity contribution in [3.63, 3.8) is 0 Å². The van der Waals surface area contributed by atoms with E-state index in [-0.39, 0.29) is 35.2 Å². The van der Waals surface area contributed by atoms with Crippen LogP contribution < -0.4 is 10.0 Å². The number of hydrogen-bond acceptors (Lipinski definition) is 7. The maximum atomic E-state index is 12.6. The number of halogens is 2. The summed E-state index contributed by atoms with van der Waals surface area (Å²) in [4.78, 5) is 16.8. The predicted molar refractivity (Wildman–Crippen MR) is 142 cm³/mol. The van der Waals surface area contributed by atoms with E-state index in [9.17, 15) is 21.6 Å². The molecule has 3 aromatic rings. The van der Waals surface area contributed by atoms with Gasteiger partial charge in [0.15, 0.2) is 0 Å². The number of sulfonamides is 1. The normalized spacial score (nSPS) is 12.2. The van der Waals surface area contributed by atoms with Gasteiger partial charge in [-0.2, -0.15) is 4.98 Å². The standard InChI is InChI=1S/C21H23ClIN3O6S2/c1-33(28,29)10-4-3-9-26(34(2,30)31)20-14(12-23)11-16-17(19(24)27)18(32-21(16)25-20)13-5-7-15(22)8-6-13/h5-8,11H,3-4,9-10,12H2,1-2H3,(H2,24,27). The second-order valence-corrected chi connectivity index (χ2v) is 13.2. The Labute approximate surface area is 216 Å². The monoisotopic (exact) mass is 639 g/mol. The molecule has 1 amide bonds. The molecule has 0 aliphatic heterocycles. The number of nitrogens with two attached hydrogens (primary N) is 1. The van der Waals surface area contributed by atoms with E-state index in [0.29, 0.717) is 38.8 Å². The summed E-state index contributed by atoms with van der Waals surface area (Å²) in [6.07, 6.45) is 2.82. The number of unbranched alkanes of at least 4 members (excludes halogenated alkanes) is 1. The van der Waals surface area contributed by atoms with Gasteiger partial charge in [0, 0.05) is 39.1 Å². The van der Waals surface area contributed by atoms with Crippen LogP contribution in [0.1, 0.15) is 28.8 Å². The summed E-state index contributed by atoms with van der Waals surface area (Å²) in [5, 5.41) is 0.881. The van der Waals surface area contributed by atoms with Crippen molar-refractivity contribution < 1.29 is 26.0 Å². The van der Waals surface area contributed by atoms with Gasteiger partial charge in [0.1, 0.15) is 21.4 Å². The topological polar surface area (TPSA) is 141 Å². The molecular formula is C21H23ClIN3O6S2. The van der Waals surface area contributed by atoms with E-state index in [0.717, 1.165) is 16.8 Å². The minimum Gasteiger partial charge on any atom is -0.437 e. The van der Waals surface area contributed by atoms with Gasteiger partial charge in [-0.15, -0.1) is 0 Å². The maximum Gasteiger partial charge on any atom is 0.253 e. The number of amides is 1. The Hall–Kier alpha value is -1.90. The van der Waals surface area contributed by atoms with Gasteiger partial charge in [-0.25, -0.2) is 16.8 Å². The Kier molecular flexibility index (Phi) is 8.15. The molecule has 0 spiro atoms. The molecule has 0 radical (unpaired) electrons. The van der Waals surface area contributed by atoms with Crippen molar-refractivity contribution in [2.75, 3.05) is 29.1 Å². The first kappa shape index (κ1) is 26.7. The van der Waals surface area contributed by atoms with Crippen molar-refractivity contribution in [2.24, 2.45) is 5.73 Å². The molecule has 0 saturated heterocycles. The van der Waals surface area contributed by atoms with Crippen LogP contribution in [0, 0.1) is 0 Å². The first-order chi connectivity index (χ1) is 15.8. The summed E-state index contributed by atoms with van der Waals surface area (Å²) in [6.45, 7) is 0.0456. The van der Waals surface area contributed by atoms with Crippen molar-refractivity contribution in [3.8, 4) is 11.3 Å². The van der Waals surface area contributed by atoms with Crippen LogP contribution >= 0.6 is 34.2 Å². The lowest BCUT2D eigenvalue weighted by molar-refractivity contribution is 0.100. The Morgan fingerprint density at radius 2 is 1.79 bits per heavy atom. The van der Waals surface area contributed by atoms with Crippen LogP contribution in [0.15, 0.2) is 34.7 Å². The SMILES string of the molecule is CS(=O)(=O)CCCCN(c1nc2oc(-c3ccc(Cl)cc3)c(C(N)=O)c2cc1CI)S(C)(=O)=O. The number of anilines is 1. The van der Waals surface area contributed by atoms with Crippen LogP contribution in [0.4, 0.5) is 5.82 Å². The van der Waals surface area contributed by atoms with Gasteiger partial charge in [0.05, 0.1) is 17.2 Å². The van der Waals surface area contributed by atoms with E-state index in [1.165, 1.54) is 0 Å². The lowest BCUT2D eigenvalue weighted by Crippen LogP contribution is -2.32. The van der Waals surface area contributed by atoms with E-state index in [1.807, 2.05) is 0 Å². The first-order valence-corrected chi connectivity index (χ1v) is 15.9. The molecule has 184 valence electrons. The summed E-state index contributed by atoms with van der Waals surface area (Å²) >= 11 is 8.04. The van der Waals surface area contributed by atoms with E-state index in [4.69, 9.17) is 21.8 Å². The lowest BCUT2D eigenvalue weighted by atomic mass is 10.0. The number of alkyl halides is 1. The summed E-state index contributed by atoms with van der Waals surface area (Å²) in [6, 6.07) is 8.30. The van der Waals surface area contributed by atoms with E-state index in [2.05, 4.69) is 27.6 Å². The first-order valence-electron chi connectivity index (χ1n) is 10.1. The third-order valence-corrected chi connectivity index (χ3v) is 8.26. The van der Waals surface area contributed by atoms with Crippen molar-refractivity contribution in [1.82, 2.24) is 4.98 Å². The third kappa shape index (κ3) is 6.20. The summed E-state index contributed by atoms with van der Waals surface area (Å²) in [7, 11) is -6.90. The molecule has 0 unspecified atom stereocenters. The number of nitrogens with zero attached hydrogens (tertiary/aromatic N) is 2. The fraction of sp³-hybridized carbons (Fsp3) is 0.333. The number of fused-ring (bicyclic) bond motifs is 1. The number of aromatic nitrogens is 1. The summed E-state index contributed by atoms with van der Waals surface area (Å²) < 4.78 is 55.5. The number of hydrogen-bond donors (Lipinski definition) is 1. The lowest BCUT2D eigenvalue weighted by Gasteiger charge is -2.23. The van der Waals surface area contributed by atoms with E-state index >= 15 is 0 Å². The van der Waals surface area contributed by atoms with Gasteiger partial charge >= 0.3 is 0 Å². The molecule has 2 heterocycles. The smallest absolute Gasteiger partial charge is 0.253 e. The van der Waals surface area contributed by atoms with Gasteiger partial charge < -0.3 is 10.2 Å². The number of rotatable bonds is 10. The molecule has 0 atom stereocenters. The largest absolute Gasteiger partial charge is 0.437 e. The van der Waals surface area contributed by atoms with Gasteiger partial charge in [0.2, 0.25) is 15.7 Å². The molecule has 0 aliphatic rings. The van der Waals surface area contributed by atoms with E-state index < -0.39 is 25.8 Å². The fourth-order valence-corrected chi connectivity index (χ4v) is 5.82. The highest BCUT2D eigenvalue weighted by Gasteiger charge is 2.27. The van der Waals surface area contributed by atoms with Crippen molar-refractivity contribution in [1.29, 1.82) is 0 Å². The fourth-order valence-electron chi connectivity index (χ4n) is 3.47. The number of sulfone groups is 1.